The first-order chi connectivity index (χ1) is 9.35. The average molecular weight is 293 g/mol. The van der Waals surface area contributed by atoms with Gasteiger partial charge in [0.05, 0.1) is 22.8 Å². The lowest BCUT2D eigenvalue weighted by Gasteiger charge is -2.33. The summed E-state index contributed by atoms with van der Waals surface area (Å²) < 4.78 is 0. The van der Waals surface area contributed by atoms with Crippen molar-refractivity contribution in [1.29, 1.82) is 0 Å². The number of likely N-dealkylation sites (N-methyl/N-ethyl adjacent to an activating group) is 1. The molecule has 0 aliphatic rings. The second kappa shape index (κ2) is 5.38. The Balaban J connectivity index is 2.23. The molecule has 0 aromatic carbocycles. The number of hydrogen-bond donors (Lipinski definition) is 2. The highest BCUT2D eigenvalue weighted by Gasteiger charge is 2.28. The SMILES string of the molecule is Cc1nc(-c2c[nH]c(C(=O)N(C)C(C)(C)CO)c2)cs1. The number of aromatic nitrogens is 2. The predicted octanol–water partition coefficient (Wildman–Crippen LogP) is 2.29. The maximum Gasteiger partial charge on any atom is 0.270 e. The number of H-pyrrole nitrogens is 1. The van der Waals surface area contributed by atoms with Crippen LogP contribution in [-0.2, 0) is 0 Å². The number of aryl methyl sites for hydroxylation is 1. The molecule has 1 amide bonds. The molecule has 0 fully saturated rings. The fourth-order valence-electron chi connectivity index (χ4n) is 1.72. The van der Waals surface area contributed by atoms with E-state index in [9.17, 15) is 9.90 Å². The van der Waals surface area contributed by atoms with Gasteiger partial charge in [-0.05, 0) is 26.8 Å². The van der Waals surface area contributed by atoms with Crippen molar-refractivity contribution >= 4 is 17.2 Å². The van der Waals surface area contributed by atoms with Crippen molar-refractivity contribution in [2.75, 3.05) is 13.7 Å². The number of hydrogen-bond acceptors (Lipinski definition) is 4. The highest BCUT2D eigenvalue weighted by molar-refractivity contribution is 7.09. The van der Waals surface area contributed by atoms with Gasteiger partial charge in [-0.1, -0.05) is 0 Å². The zero-order valence-corrected chi connectivity index (χ0v) is 12.9. The van der Waals surface area contributed by atoms with Crippen LogP contribution in [0.15, 0.2) is 17.6 Å². The minimum atomic E-state index is -0.598. The lowest BCUT2D eigenvalue weighted by atomic mass is 10.0. The summed E-state index contributed by atoms with van der Waals surface area (Å²) in [6.45, 7) is 5.50. The number of carbonyl (C=O) groups is 1. The first kappa shape index (κ1) is 14.7. The Morgan fingerprint density at radius 3 is 2.80 bits per heavy atom. The Kier molecular flexibility index (Phi) is 3.96. The molecule has 20 heavy (non-hydrogen) atoms. The maximum atomic E-state index is 12.4. The van der Waals surface area contributed by atoms with Crippen LogP contribution in [0.1, 0.15) is 29.3 Å². The average Bonchev–Trinajstić information content (AvgIpc) is 3.05. The minimum Gasteiger partial charge on any atom is -0.394 e. The number of rotatable bonds is 4. The standard InChI is InChI=1S/C14H19N3O2S/c1-9-16-12(7-20-9)10-5-11(15-6-10)13(19)17(4)14(2,3)8-18/h5-7,15,18H,8H2,1-4H3. The molecule has 5 nitrogen and oxygen atoms in total. The molecular weight excluding hydrogens is 274 g/mol. The molecular formula is C14H19N3O2S. The first-order valence-corrected chi connectivity index (χ1v) is 7.23. The van der Waals surface area contributed by atoms with Gasteiger partial charge < -0.3 is 15.0 Å². The van der Waals surface area contributed by atoms with Crippen LogP contribution in [0.2, 0.25) is 0 Å². The predicted molar refractivity (Wildman–Crippen MR) is 79.9 cm³/mol. The third kappa shape index (κ3) is 2.76. The quantitative estimate of drug-likeness (QED) is 0.908. The number of nitrogens with zero attached hydrogens (tertiary/aromatic N) is 2. The van der Waals surface area contributed by atoms with Gasteiger partial charge in [-0.2, -0.15) is 0 Å². The van der Waals surface area contributed by atoms with Gasteiger partial charge in [0.15, 0.2) is 0 Å². The number of aliphatic hydroxyl groups excluding tert-OH is 1. The molecule has 6 heteroatoms. The van der Waals surface area contributed by atoms with Gasteiger partial charge in [-0.3, -0.25) is 4.79 Å². The molecule has 0 atom stereocenters. The summed E-state index contributed by atoms with van der Waals surface area (Å²) in [7, 11) is 1.69. The number of nitrogens with one attached hydrogen (secondary N) is 1. The second-order valence-corrected chi connectivity index (χ2v) is 6.45. The Morgan fingerprint density at radius 2 is 2.25 bits per heavy atom. The number of amides is 1. The molecule has 0 radical (unpaired) electrons. The smallest absolute Gasteiger partial charge is 0.270 e. The summed E-state index contributed by atoms with van der Waals surface area (Å²) in [5.41, 5.74) is 1.66. The molecule has 2 aromatic heterocycles. The molecule has 108 valence electrons. The van der Waals surface area contributed by atoms with Crippen molar-refractivity contribution in [3.63, 3.8) is 0 Å². The van der Waals surface area contributed by atoms with Crippen LogP contribution in [-0.4, -0.2) is 45.1 Å². The number of carbonyl (C=O) groups excluding carboxylic acids is 1. The van der Waals surface area contributed by atoms with Crippen molar-refractivity contribution in [2.24, 2.45) is 0 Å². The molecule has 0 bridgehead atoms. The van der Waals surface area contributed by atoms with Gasteiger partial charge >= 0.3 is 0 Å². The third-order valence-electron chi connectivity index (χ3n) is 3.43. The van der Waals surface area contributed by atoms with Crippen LogP contribution in [0.5, 0.6) is 0 Å². The van der Waals surface area contributed by atoms with Gasteiger partial charge in [0.25, 0.3) is 5.91 Å². The molecule has 0 saturated carbocycles. The van der Waals surface area contributed by atoms with Crippen LogP contribution < -0.4 is 0 Å². The highest BCUT2D eigenvalue weighted by atomic mass is 32.1. The van der Waals surface area contributed by atoms with E-state index in [4.69, 9.17) is 0 Å². The van der Waals surface area contributed by atoms with Crippen LogP contribution in [0, 0.1) is 6.92 Å². The number of aliphatic hydroxyl groups is 1. The molecule has 0 aliphatic heterocycles. The van der Waals surface area contributed by atoms with E-state index in [0.29, 0.717) is 5.69 Å². The van der Waals surface area contributed by atoms with Crippen molar-refractivity contribution in [2.45, 2.75) is 26.3 Å². The summed E-state index contributed by atoms with van der Waals surface area (Å²) in [6, 6.07) is 1.79. The van der Waals surface area contributed by atoms with Gasteiger partial charge in [-0.25, -0.2) is 4.98 Å². The number of thiazole rings is 1. The van der Waals surface area contributed by atoms with Crippen molar-refractivity contribution < 1.29 is 9.90 Å². The monoisotopic (exact) mass is 293 g/mol. The number of aromatic amines is 1. The minimum absolute atomic E-state index is 0.0892. The summed E-state index contributed by atoms with van der Waals surface area (Å²) >= 11 is 1.58. The maximum absolute atomic E-state index is 12.4. The van der Waals surface area contributed by atoms with E-state index < -0.39 is 5.54 Å². The van der Waals surface area contributed by atoms with E-state index >= 15 is 0 Å². The largest absolute Gasteiger partial charge is 0.394 e. The van der Waals surface area contributed by atoms with E-state index in [-0.39, 0.29) is 12.5 Å². The Morgan fingerprint density at radius 1 is 1.55 bits per heavy atom. The second-order valence-electron chi connectivity index (χ2n) is 5.39. The lowest BCUT2D eigenvalue weighted by Crippen LogP contribution is -2.47. The first-order valence-electron chi connectivity index (χ1n) is 6.35. The molecule has 2 N–H and O–H groups in total. The zero-order valence-electron chi connectivity index (χ0n) is 12.1. The van der Waals surface area contributed by atoms with E-state index in [1.807, 2.05) is 26.2 Å². The molecule has 0 saturated heterocycles. The Labute approximate surface area is 122 Å². The van der Waals surface area contributed by atoms with Gasteiger partial charge in [0.2, 0.25) is 0 Å². The van der Waals surface area contributed by atoms with E-state index in [0.717, 1.165) is 16.3 Å². The fourth-order valence-corrected chi connectivity index (χ4v) is 2.35. The molecule has 2 rings (SSSR count). The Bertz CT molecular complexity index is 615. The highest BCUT2D eigenvalue weighted by Crippen LogP contribution is 2.23. The Hall–Kier alpha value is -1.66. The summed E-state index contributed by atoms with van der Waals surface area (Å²) in [4.78, 5) is 21.3. The summed E-state index contributed by atoms with van der Waals surface area (Å²) in [6.07, 6.45) is 1.78. The summed E-state index contributed by atoms with van der Waals surface area (Å²) in [5.74, 6) is -0.151. The van der Waals surface area contributed by atoms with Crippen LogP contribution in [0.25, 0.3) is 11.3 Å². The van der Waals surface area contributed by atoms with E-state index in [2.05, 4.69) is 9.97 Å². The van der Waals surface area contributed by atoms with E-state index in [1.54, 1.807) is 30.6 Å². The lowest BCUT2D eigenvalue weighted by molar-refractivity contribution is 0.0468. The van der Waals surface area contributed by atoms with Crippen molar-refractivity contribution in [1.82, 2.24) is 14.9 Å². The van der Waals surface area contributed by atoms with Crippen LogP contribution >= 0.6 is 11.3 Å². The van der Waals surface area contributed by atoms with Crippen molar-refractivity contribution in [3.05, 3.63) is 28.3 Å². The third-order valence-corrected chi connectivity index (χ3v) is 4.20. The topological polar surface area (TPSA) is 69.2 Å². The molecule has 0 unspecified atom stereocenters. The normalized spacial score (nSPS) is 11.7. The summed E-state index contributed by atoms with van der Waals surface area (Å²) in [5, 5.41) is 12.3. The van der Waals surface area contributed by atoms with Crippen molar-refractivity contribution in [3.8, 4) is 11.3 Å². The molecule has 2 aromatic rings. The van der Waals surface area contributed by atoms with Crippen LogP contribution in [0.3, 0.4) is 0 Å². The van der Waals surface area contributed by atoms with Gasteiger partial charge in [0.1, 0.15) is 5.69 Å². The molecule has 0 aliphatic carbocycles. The molecule has 0 spiro atoms. The molecule has 2 heterocycles. The van der Waals surface area contributed by atoms with Gasteiger partial charge in [0, 0.05) is 24.2 Å². The van der Waals surface area contributed by atoms with Crippen LogP contribution in [0.4, 0.5) is 0 Å². The fraction of sp³-hybridized carbons (Fsp3) is 0.429. The van der Waals surface area contributed by atoms with E-state index in [1.165, 1.54) is 4.90 Å². The van der Waals surface area contributed by atoms with Gasteiger partial charge in [-0.15, -0.1) is 11.3 Å². The zero-order chi connectivity index (χ0) is 14.9.